The first kappa shape index (κ1) is 14.4. The van der Waals surface area contributed by atoms with Gasteiger partial charge in [-0.05, 0) is 25.9 Å². The van der Waals surface area contributed by atoms with Gasteiger partial charge in [-0.3, -0.25) is 9.69 Å². The third-order valence-electron chi connectivity index (χ3n) is 3.03. The molecular weight excluding hydrogens is 244 g/mol. The van der Waals surface area contributed by atoms with E-state index in [1.807, 2.05) is 0 Å². The highest BCUT2D eigenvalue weighted by Crippen LogP contribution is 2.15. The number of likely N-dealkylation sites (tertiary alicyclic amines) is 1. The van der Waals surface area contributed by atoms with Gasteiger partial charge >= 0.3 is 5.97 Å². The predicted octanol–water partition coefficient (Wildman–Crippen LogP) is -0.135. The zero-order valence-electron chi connectivity index (χ0n) is 10.1. The molecule has 0 radical (unpaired) electrons. The van der Waals surface area contributed by atoms with Crippen LogP contribution in [0.2, 0.25) is 0 Å². The van der Waals surface area contributed by atoms with Gasteiger partial charge in [0, 0.05) is 12.6 Å². The largest absolute Gasteiger partial charge is 0.481 e. The molecule has 0 spiro atoms. The maximum Gasteiger partial charge on any atom is 0.304 e. The SMILES string of the molecule is CCN1CCCC1CNS(=O)(=O)CCC(=O)O. The third kappa shape index (κ3) is 5.01. The molecule has 1 unspecified atom stereocenters. The first-order valence-electron chi connectivity index (χ1n) is 5.88. The molecule has 2 N–H and O–H groups in total. The summed E-state index contributed by atoms with van der Waals surface area (Å²) in [6.07, 6.45) is 1.74. The number of rotatable bonds is 7. The van der Waals surface area contributed by atoms with Crippen LogP contribution in [0.15, 0.2) is 0 Å². The van der Waals surface area contributed by atoms with Gasteiger partial charge in [-0.25, -0.2) is 13.1 Å². The lowest BCUT2D eigenvalue weighted by molar-refractivity contribution is -0.136. The molecule has 1 saturated heterocycles. The van der Waals surface area contributed by atoms with Crippen LogP contribution in [0, 0.1) is 0 Å². The first-order valence-corrected chi connectivity index (χ1v) is 7.53. The molecule has 1 atom stereocenters. The van der Waals surface area contributed by atoms with Crippen molar-refractivity contribution in [2.24, 2.45) is 0 Å². The molecule has 0 bridgehead atoms. The van der Waals surface area contributed by atoms with Gasteiger partial charge in [0.15, 0.2) is 0 Å². The van der Waals surface area contributed by atoms with Crippen molar-refractivity contribution < 1.29 is 18.3 Å². The van der Waals surface area contributed by atoms with Crippen molar-refractivity contribution in [3.63, 3.8) is 0 Å². The lowest BCUT2D eigenvalue weighted by Gasteiger charge is -2.22. The van der Waals surface area contributed by atoms with Crippen molar-refractivity contribution >= 4 is 16.0 Å². The Balaban J connectivity index is 2.36. The van der Waals surface area contributed by atoms with Crippen molar-refractivity contribution in [1.82, 2.24) is 9.62 Å². The molecule has 6 nitrogen and oxygen atoms in total. The van der Waals surface area contributed by atoms with Gasteiger partial charge in [0.25, 0.3) is 0 Å². The molecule has 0 aromatic rings. The van der Waals surface area contributed by atoms with E-state index in [1.54, 1.807) is 0 Å². The number of nitrogens with one attached hydrogen (secondary N) is 1. The van der Waals surface area contributed by atoms with E-state index in [4.69, 9.17) is 5.11 Å². The molecule has 17 heavy (non-hydrogen) atoms. The van der Waals surface area contributed by atoms with Crippen LogP contribution < -0.4 is 4.72 Å². The van der Waals surface area contributed by atoms with Crippen molar-refractivity contribution in [3.8, 4) is 0 Å². The van der Waals surface area contributed by atoms with E-state index in [1.165, 1.54) is 0 Å². The summed E-state index contributed by atoms with van der Waals surface area (Å²) in [5.74, 6) is -1.44. The van der Waals surface area contributed by atoms with Crippen LogP contribution in [0.1, 0.15) is 26.2 Å². The summed E-state index contributed by atoms with van der Waals surface area (Å²) >= 11 is 0. The quantitative estimate of drug-likeness (QED) is 0.668. The highest BCUT2D eigenvalue weighted by atomic mass is 32.2. The molecule has 0 aromatic carbocycles. The number of sulfonamides is 1. The molecule has 100 valence electrons. The highest BCUT2D eigenvalue weighted by molar-refractivity contribution is 7.89. The zero-order valence-corrected chi connectivity index (χ0v) is 10.9. The van der Waals surface area contributed by atoms with Gasteiger partial charge in [-0.2, -0.15) is 0 Å². The van der Waals surface area contributed by atoms with Gasteiger partial charge in [-0.1, -0.05) is 6.92 Å². The average Bonchev–Trinajstić information content (AvgIpc) is 2.71. The fraction of sp³-hybridized carbons (Fsp3) is 0.900. The molecule has 1 aliphatic rings. The second-order valence-electron chi connectivity index (χ2n) is 4.24. The van der Waals surface area contributed by atoms with Crippen molar-refractivity contribution in [1.29, 1.82) is 0 Å². The van der Waals surface area contributed by atoms with Crippen LogP contribution >= 0.6 is 0 Å². The minimum absolute atomic E-state index is 0.250. The Bertz CT molecular complexity index is 355. The lowest BCUT2D eigenvalue weighted by Crippen LogP contribution is -2.40. The Hall–Kier alpha value is -0.660. The molecule has 0 aliphatic carbocycles. The maximum atomic E-state index is 11.5. The van der Waals surface area contributed by atoms with Crippen LogP contribution in [0.25, 0.3) is 0 Å². The van der Waals surface area contributed by atoms with E-state index in [9.17, 15) is 13.2 Å². The third-order valence-corrected chi connectivity index (χ3v) is 4.38. The van der Waals surface area contributed by atoms with Crippen LogP contribution in [0.5, 0.6) is 0 Å². The predicted molar refractivity (Wildman–Crippen MR) is 64.3 cm³/mol. The summed E-state index contributed by atoms with van der Waals surface area (Å²) in [5.41, 5.74) is 0. The maximum absolute atomic E-state index is 11.5. The zero-order chi connectivity index (χ0) is 12.9. The van der Waals surface area contributed by atoms with Gasteiger partial charge in [0.2, 0.25) is 10.0 Å². The average molecular weight is 264 g/mol. The number of carbonyl (C=O) groups is 1. The van der Waals surface area contributed by atoms with E-state index in [0.717, 1.165) is 25.9 Å². The van der Waals surface area contributed by atoms with Crippen LogP contribution in [-0.4, -0.2) is 55.8 Å². The molecule has 1 rings (SSSR count). The Morgan fingerprint density at radius 1 is 1.53 bits per heavy atom. The standard InChI is InChI=1S/C10H20N2O4S/c1-2-12-6-3-4-9(12)8-11-17(15,16)7-5-10(13)14/h9,11H,2-8H2,1H3,(H,13,14). The Kier molecular flexibility index (Phi) is 5.35. The van der Waals surface area contributed by atoms with Gasteiger partial charge in [0.05, 0.1) is 12.2 Å². The molecule has 0 saturated carbocycles. The lowest BCUT2D eigenvalue weighted by atomic mass is 10.2. The number of likely N-dealkylation sites (N-methyl/N-ethyl adjacent to an activating group) is 1. The Morgan fingerprint density at radius 3 is 2.82 bits per heavy atom. The first-order chi connectivity index (χ1) is 7.94. The van der Waals surface area contributed by atoms with Crippen LogP contribution in [0.3, 0.4) is 0 Å². The molecule has 0 aromatic heterocycles. The van der Waals surface area contributed by atoms with Gasteiger partial charge < -0.3 is 5.11 Å². The molecule has 1 aliphatic heterocycles. The second-order valence-corrected chi connectivity index (χ2v) is 6.16. The number of nitrogens with zero attached hydrogens (tertiary/aromatic N) is 1. The van der Waals surface area contributed by atoms with Crippen molar-refractivity contribution in [2.75, 3.05) is 25.4 Å². The van der Waals surface area contributed by atoms with Crippen molar-refractivity contribution in [2.45, 2.75) is 32.2 Å². The molecule has 1 heterocycles. The van der Waals surface area contributed by atoms with E-state index in [2.05, 4.69) is 16.5 Å². The summed E-state index contributed by atoms with van der Waals surface area (Å²) in [7, 11) is -3.45. The van der Waals surface area contributed by atoms with E-state index >= 15 is 0 Å². The highest BCUT2D eigenvalue weighted by Gasteiger charge is 2.24. The fourth-order valence-corrected chi connectivity index (χ4v) is 3.09. The normalized spacial score (nSPS) is 21.8. The summed E-state index contributed by atoms with van der Waals surface area (Å²) in [4.78, 5) is 12.5. The summed E-state index contributed by atoms with van der Waals surface area (Å²) in [6.45, 7) is 4.37. The van der Waals surface area contributed by atoms with Gasteiger partial charge in [0.1, 0.15) is 0 Å². The summed E-state index contributed by atoms with van der Waals surface area (Å²) in [5, 5.41) is 8.44. The molecule has 1 fully saturated rings. The molecule has 0 amide bonds. The fourth-order valence-electron chi connectivity index (χ4n) is 2.06. The van der Waals surface area contributed by atoms with Crippen LogP contribution in [-0.2, 0) is 14.8 Å². The monoisotopic (exact) mass is 264 g/mol. The number of hydrogen-bond acceptors (Lipinski definition) is 4. The number of carboxylic acids is 1. The Labute approximate surface area is 102 Å². The Morgan fingerprint density at radius 2 is 2.24 bits per heavy atom. The minimum atomic E-state index is -3.45. The summed E-state index contributed by atoms with van der Waals surface area (Å²) in [6, 6.07) is 0.250. The smallest absolute Gasteiger partial charge is 0.304 e. The number of hydrogen-bond donors (Lipinski definition) is 2. The van der Waals surface area contributed by atoms with E-state index in [0.29, 0.717) is 6.54 Å². The second kappa shape index (κ2) is 6.32. The number of carboxylic acid groups (broad SMARTS) is 1. The molecular formula is C10H20N2O4S. The van der Waals surface area contributed by atoms with E-state index < -0.39 is 16.0 Å². The van der Waals surface area contributed by atoms with Crippen LogP contribution in [0.4, 0.5) is 0 Å². The minimum Gasteiger partial charge on any atom is -0.481 e. The summed E-state index contributed by atoms with van der Waals surface area (Å²) < 4.78 is 25.5. The van der Waals surface area contributed by atoms with Crippen molar-refractivity contribution in [3.05, 3.63) is 0 Å². The van der Waals surface area contributed by atoms with E-state index in [-0.39, 0.29) is 18.2 Å². The molecule has 7 heteroatoms. The number of aliphatic carboxylic acids is 1. The topological polar surface area (TPSA) is 86.7 Å². The van der Waals surface area contributed by atoms with Gasteiger partial charge in [-0.15, -0.1) is 0 Å².